The number of carbonyl (C=O) groups excluding carboxylic acids is 2. The van der Waals surface area contributed by atoms with E-state index in [9.17, 15) is 9.59 Å². The largest absolute Gasteiger partial charge is 0.497 e. The van der Waals surface area contributed by atoms with Gasteiger partial charge in [0.1, 0.15) is 11.5 Å². The van der Waals surface area contributed by atoms with Gasteiger partial charge in [-0.25, -0.2) is 0 Å². The van der Waals surface area contributed by atoms with E-state index in [1.54, 1.807) is 31.4 Å². The molecule has 1 fully saturated rings. The first-order valence-corrected chi connectivity index (χ1v) is 10.5. The first-order valence-electron chi connectivity index (χ1n) is 10.5. The number of amides is 2. The highest BCUT2D eigenvalue weighted by atomic mass is 16.5. The van der Waals surface area contributed by atoms with Crippen LogP contribution in [0.15, 0.2) is 48.5 Å². The topological polar surface area (TPSA) is 67.9 Å². The Balaban J connectivity index is 1.45. The summed E-state index contributed by atoms with van der Waals surface area (Å²) in [6.45, 7) is 4.16. The lowest BCUT2D eigenvalue weighted by atomic mass is 9.98. The van der Waals surface area contributed by atoms with Gasteiger partial charge in [-0.2, -0.15) is 0 Å². The molecule has 0 bridgehead atoms. The number of unbranched alkanes of at least 4 members (excludes halogenated alkanes) is 1. The van der Waals surface area contributed by atoms with Gasteiger partial charge in [0.25, 0.3) is 5.91 Å². The highest BCUT2D eigenvalue weighted by Crippen LogP contribution is 2.28. The Hall–Kier alpha value is -3.02. The molecule has 0 aromatic heterocycles. The lowest BCUT2D eigenvalue weighted by Gasteiger charge is -2.17. The molecular weight excluding hydrogens is 380 g/mol. The summed E-state index contributed by atoms with van der Waals surface area (Å²) < 4.78 is 10.8. The van der Waals surface area contributed by atoms with Crippen LogP contribution in [0.5, 0.6) is 11.5 Å². The molecule has 2 amide bonds. The second-order valence-electron chi connectivity index (χ2n) is 7.51. The molecule has 30 heavy (non-hydrogen) atoms. The maximum absolute atomic E-state index is 12.5. The minimum Gasteiger partial charge on any atom is -0.497 e. The molecule has 0 radical (unpaired) electrons. The minimum atomic E-state index is -0.255. The van der Waals surface area contributed by atoms with Crippen LogP contribution in [0, 0.1) is 0 Å². The van der Waals surface area contributed by atoms with Crippen LogP contribution >= 0.6 is 0 Å². The van der Waals surface area contributed by atoms with Crippen LogP contribution in [0.4, 0.5) is 0 Å². The average Bonchev–Trinajstić information content (AvgIpc) is 3.28. The van der Waals surface area contributed by atoms with Crippen molar-refractivity contribution in [3.8, 4) is 11.5 Å². The van der Waals surface area contributed by atoms with E-state index in [0.717, 1.165) is 30.8 Å². The molecule has 3 rings (SSSR count). The van der Waals surface area contributed by atoms with Gasteiger partial charge in [-0.15, -0.1) is 0 Å². The van der Waals surface area contributed by atoms with Gasteiger partial charge < -0.3 is 19.7 Å². The fourth-order valence-corrected chi connectivity index (χ4v) is 3.54. The fourth-order valence-electron chi connectivity index (χ4n) is 3.54. The molecule has 0 saturated carbocycles. The molecule has 6 nitrogen and oxygen atoms in total. The van der Waals surface area contributed by atoms with Crippen molar-refractivity contribution in [3.05, 3.63) is 59.7 Å². The van der Waals surface area contributed by atoms with E-state index in [4.69, 9.17) is 9.47 Å². The molecule has 160 valence electrons. The highest BCUT2D eigenvalue weighted by molar-refractivity contribution is 5.96. The number of nitrogens with one attached hydrogen (secondary N) is 1. The van der Waals surface area contributed by atoms with Crippen LogP contribution in [0.1, 0.15) is 48.0 Å². The molecule has 2 aromatic rings. The summed E-state index contributed by atoms with van der Waals surface area (Å²) in [5.41, 5.74) is 1.72. The minimum absolute atomic E-state index is 0.00289. The van der Waals surface area contributed by atoms with E-state index < -0.39 is 0 Å². The summed E-state index contributed by atoms with van der Waals surface area (Å²) in [6.07, 6.45) is 3.00. The predicted molar refractivity (Wildman–Crippen MR) is 116 cm³/mol. The van der Waals surface area contributed by atoms with E-state index in [-0.39, 0.29) is 18.4 Å². The van der Waals surface area contributed by atoms with Crippen LogP contribution in [0.2, 0.25) is 0 Å². The van der Waals surface area contributed by atoms with Crippen molar-refractivity contribution in [2.24, 2.45) is 0 Å². The smallest absolute Gasteiger partial charge is 0.251 e. The van der Waals surface area contributed by atoms with Gasteiger partial charge in [0.05, 0.1) is 20.3 Å². The number of rotatable bonds is 9. The monoisotopic (exact) mass is 410 g/mol. The van der Waals surface area contributed by atoms with Gasteiger partial charge in [-0.1, -0.05) is 25.5 Å². The molecule has 1 heterocycles. The van der Waals surface area contributed by atoms with Crippen molar-refractivity contribution >= 4 is 11.8 Å². The molecular formula is C24H30N2O4. The molecule has 6 heteroatoms. The standard InChI is InChI=1S/C24H30N2O4/c1-3-4-15-30-22-11-7-19(8-12-22)24(28)25-16-23(27)26-14-13-20(17-26)18-5-9-21(29-2)10-6-18/h5-12,20H,3-4,13-17H2,1-2H3,(H,25,28). The quantitative estimate of drug-likeness (QED) is 0.641. The van der Waals surface area contributed by atoms with Crippen LogP contribution in [0.25, 0.3) is 0 Å². The van der Waals surface area contributed by atoms with Crippen LogP contribution < -0.4 is 14.8 Å². The molecule has 1 N–H and O–H groups in total. The van der Waals surface area contributed by atoms with Gasteiger partial charge in [0.2, 0.25) is 5.91 Å². The maximum atomic E-state index is 12.5. The third kappa shape index (κ3) is 5.75. The second-order valence-corrected chi connectivity index (χ2v) is 7.51. The average molecular weight is 411 g/mol. The lowest BCUT2D eigenvalue weighted by molar-refractivity contribution is -0.129. The molecule has 1 unspecified atom stereocenters. The third-order valence-corrected chi connectivity index (χ3v) is 5.41. The van der Waals surface area contributed by atoms with Gasteiger partial charge >= 0.3 is 0 Å². The normalized spacial score (nSPS) is 15.7. The van der Waals surface area contributed by atoms with Gasteiger partial charge in [0.15, 0.2) is 0 Å². The Morgan fingerprint density at radius 3 is 2.43 bits per heavy atom. The van der Waals surface area contributed by atoms with E-state index in [1.807, 2.05) is 17.0 Å². The van der Waals surface area contributed by atoms with Gasteiger partial charge in [-0.05, 0) is 54.8 Å². The number of ether oxygens (including phenoxy) is 2. The summed E-state index contributed by atoms with van der Waals surface area (Å²) in [5.74, 6) is 1.58. The number of likely N-dealkylation sites (tertiary alicyclic amines) is 1. The molecule has 0 aliphatic carbocycles. The maximum Gasteiger partial charge on any atom is 0.251 e. The molecule has 2 aromatic carbocycles. The van der Waals surface area contributed by atoms with E-state index in [2.05, 4.69) is 24.4 Å². The summed E-state index contributed by atoms with van der Waals surface area (Å²) in [5, 5.41) is 2.73. The summed E-state index contributed by atoms with van der Waals surface area (Å²) in [4.78, 5) is 26.7. The Kier molecular flexibility index (Phi) is 7.71. The van der Waals surface area contributed by atoms with Crippen molar-refractivity contribution in [3.63, 3.8) is 0 Å². The van der Waals surface area contributed by atoms with E-state index in [0.29, 0.717) is 31.2 Å². The SMILES string of the molecule is CCCCOc1ccc(C(=O)NCC(=O)N2CCC(c3ccc(OC)cc3)C2)cc1. The summed E-state index contributed by atoms with van der Waals surface area (Å²) in [7, 11) is 1.65. The van der Waals surface area contributed by atoms with Crippen LogP contribution in [-0.2, 0) is 4.79 Å². The van der Waals surface area contributed by atoms with Gasteiger partial charge in [0, 0.05) is 24.6 Å². The van der Waals surface area contributed by atoms with Crippen molar-refractivity contribution < 1.29 is 19.1 Å². The summed E-state index contributed by atoms with van der Waals surface area (Å²) >= 11 is 0. The zero-order chi connectivity index (χ0) is 21.3. The Labute approximate surface area is 178 Å². The van der Waals surface area contributed by atoms with E-state index >= 15 is 0 Å². The first-order chi connectivity index (χ1) is 14.6. The second kappa shape index (κ2) is 10.7. The third-order valence-electron chi connectivity index (χ3n) is 5.41. The molecule has 1 atom stereocenters. The number of hydrogen-bond acceptors (Lipinski definition) is 4. The van der Waals surface area contributed by atoms with Crippen molar-refractivity contribution in [2.75, 3.05) is 33.4 Å². The lowest BCUT2D eigenvalue weighted by Crippen LogP contribution is -2.39. The van der Waals surface area contributed by atoms with Gasteiger partial charge in [-0.3, -0.25) is 9.59 Å². The highest BCUT2D eigenvalue weighted by Gasteiger charge is 2.27. The zero-order valence-electron chi connectivity index (χ0n) is 17.7. The van der Waals surface area contributed by atoms with Crippen LogP contribution in [-0.4, -0.2) is 50.1 Å². The first kappa shape index (κ1) is 21.7. The number of carbonyl (C=O) groups is 2. The number of benzene rings is 2. The van der Waals surface area contributed by atoms with Crippen molar-refractivity contribution in [1.29, 1.82) is 0 Å². The Morgan fingerprint density at radius 2 is 1.77 bits per heavy atom. The van der Waals surface area contributed by atoms with Crippen LogP contribution in [0.3, 0.4) is 0 Å². The molecule has 0 spiro atoms. The molecule has 1 aliphatic rings. The Morgan fingerprint density at radius 1 is 1.07 bits per heavy atom. The fraction of sp³-hybridized carbons (Fsp3) is 0.417. The molecule has 1 saturated heterocycles. The number of methoxy groups -OCH3 is 1. The zero-order valence-corrected chi connectivity index (χ0v) is 17.7. The Bertz CT molecular complexity index is 833. The van der Waals surface area contributed by atoms with Crippen molar-refractivity contribution in [2.45, 2.75) is 32.1 Å². The predicted octanol–water partition coefficient (Wildman–Crippen LogP) is 3.62. The van der Waals surface area contributed by atoms with Crippen molar-refractivity contribution in [1.82, 2.24) is 10.2 Å². The van der Waals surface area contributed by atoms with E-state index in [1.165, 1.54) is 5.56 Å². The number of hydrogen-bond donors (Lipinski definition) is 1. The number of nitrogens with zero attached hydrogens (tertiary/aromatic N) is 1. The summed E-state index contributed by atoms with van der Waals surface area (Å²) in [6, 6.07) is 15.0. The molecule has 1 aliphatic heterocycles.